The highest BCUT2D eigenvalue weighted by molar-refractivity contribution is 7.57. The summed E-state index contributed by atoms with van der Waals surface area (Å²) in [4.78, 5) is 24.8. The highest BCUT2D eigenvalue weighted by Gasteiger charge is 2.32. The van der Waals surface area contributed by atoms with E-state index in [4.69, 9.17) is 19.7 Å². The molecule has 11 nitrogen and oxygen atoms in total. The first-order chi connectivity index (χ1) is 17.1. The maximum atomic E-state index is 13.9. The van der Waals surface area contributed by atoms with Crippen LogP contribution in [0.25, 0.3) is 11.2 Å². The Balaban J connectivity index is 1.45. The zero-order chi connectivity index (χ0) is 25.9. The Morgan fingerprint density at radius 1 is 1.17 bits per heavy atom. The van der Waals surface area contributed by atoms with Crippen LogP contribution in [0.2, 0.25) is 0 Å². The molecule has 0 bridgehead atoms. The third kappa shape index (κ3) is 6.60. The van der Waals surface area contributed by atoms with E-state index in [0.29, 0.717) is 35.2 Å². The lowest BCUT2D eigenvalue weighted by atomic mass is 10.1. The van der Waals surface area contributed by atoms with Gasteiger partial charge in [0.25, 0.3) is 0 Å². The summed E-state index contributed by atoms with van der Waals surface area (Å²) < 4.78 is 32.7. The van der Waals surface area contributed by atoms with Crippen LogP contribution in [0.5, 0.6) is 5.75 Å². The van der Waals surface area contributed by atoms with Crippen LogP contribution in [0.4, 0.5) is 5.82 Å². The van der Waals surface area contributed by atoms with Gasteiger partial charge in [0, 0.05) is 0 Å². The van der Waals surface area contributed by atoms with Crippen LogP contribution in [0.3, 0.4) is 0 Å². The van der Waals surface area contributed by atoms with E-state index < -0.39 is 19.5 Å². The van der Waals surface area contributed by atoms with Gasteiger partial charge in [-0.05, 0) is 64.2 Å². The third-order valence-corrected chi connectivity index (χ3v) is 7.47. The molecule has 194 valence electrons. The maximum absolute atomic E-state index is 13.9. The number of nitrogen functional groups attached to an aromatic ring is 1. The smallest absolute Gasteiger partial charge is 0.342 e. The number of hydrogen-bond donors (Lipinski definition) is 2. The summed E-state index contributed by atoms with van der Waals surface area (Å²) in [7, 11) is -3.66. The minimum atomic E-state index is -3.66. The summed E-state index contributed by atoms with van der Waals surface area (Å²) >= 11 is 0. The molecule has 2 aromatic heterocycles. The Bertz CT molecular complexity index is 1240. The number of fused-ring (bicyclic) bond motifs is 1. The van der Waals surface area contributed by atoms with E-state index in [0.717, 1.165) is 0 Å². The summed E-state index contributed by atoms with van der Waals surface area (Å²) in [6.07, 6.45) is 4.42. The maximum Gasteiger partial charge on any atom is 0.342 e. The number of carbonyl (C=O) groups excluding carboxylic acids is 1. The van der Waals surface area contributed by atoms with Gasteiger partial charge in [0.15, 0.2) is 11.5 Å². The van der Waals surface area contributed by atoms with Crippen molar-refractivity contribution in [2.75, 3.05) is 12.1 Å². The fraction of sp³-hybridized carbons (Fsp3) is 0.500. The number of ether oxygens (including phenoxy) is 2. The standard InChI is InChI=1S/C24H33N6O5P/c1-15(2)34-24(31)17(4)29-36(32,35-20-9-7-19(8-10-20)18-5-6-18)14-33-16(3)11-30-13-28-21-22(25)26-12-27-23(21)30/h7-10,12-13,15-18H,5-6,11,14H2,1-4H3,(H,29,32)(H2,25,26,27)/t16-,17-,36?/m1/s1. The number of aromatic nitrogens is 4. The molecule has 1 fully saturated rings. The van der Waals surface area contributed by atoms with E-state index in [1.807, 2.05) is 19.1 Å². The van der Waals surface area contributed by atoms with E-state index in [2.05, 4.69) is 20.0 Å². The van der Waals surface area contributed by atoms with Crippen molar-refractivity contribution < 1.29 is 23.4 Å². The molecule has 3 atom stereocenters. The number of rotatable bonds is 12. The molecule has 1 aliphatic rings. The van der Waals surface area contributed by atoms with E-state index in [1.54, 1.807) is 43.8 Å². The Hall–Kier alpha value is -3.01. The molecule has 2 heterocycles. The van der Waals surface area contributed by atoms with Gasteiger partial charge in [0.2, 0.25) is 0 Å². The van der Waals surface area contributed by atoms with Gasteiger partial charge < -0.3 is 24.3 Å². The molecule has 0 aliphatic heterocycles. The lowest BCUT2D eigenvalue weighted by molar-refractivity contribution is -0.149. The Labute approximate surface area is 210 Å². The minimum absolute atomic E-state index is 0.262. The number of carbonyl (C=O) groups is 1. The number of hydrogen-bond acceptors (Lipinski definition) is 9. The molecule has 4 rings (SSSR count). The molecule has 3 aromatic rings. The van der Waals surface area contributed by atoms with Gasteiger partial charge in [-0.1, -0.05) is 12.1 Å². The van der Waals surface area contributed by atoms with Gasteiger partial charge in [-0.2, -0.15) is 0 Å². The number of nitrogens with one attached hydrogen (secondary N) is 1. The highest BCUT2D eigenvalue weighted by atomic mass is 31.2. The van der Waals surface area contributed by atoms with E-state index >= 15 is 0 Å². The molecule has 0 amide bonds. The van der Waals surface area contributed by atoms with Crippen molar-refractivity contribution in [1.29, 1.82) is 0 Å². The SMILES string of the molecule is CC(C)OC(=O)[C@@H](C)NP(=O)(CO[C@H](C)Cn1cnc2c(N)ncnc21)Oc1ccc(C2CC2)cc1. The topological polar surface area (TPSA) is 143 Å². The van der Waals surface area contributed by atoms with Gasteiger partial charge in [0.05, 0.1) is 25.1 Å². The average Bonchev–Trinajstić information content (AvgIpc) is 3.59. The summed E-state index contributed by atoms with van der Waals surface area (Å²) in [5.74, 6) is 0.806. The first-order valence-corrected chi connectivity index (χ1v) is 13.8. The van der Waals surface area contributed by atoms with Gasteiger partial charge in [-0.15, -0.1) is 0 Å². The Kier molecular flexibility index (Phi) is 7.92. The highest BCUT2D eigenvalue weighted by Crippen LogP contribution is 2.45. The number of anilines is 1. The molecule has 1 saturated carbocycles. The predicted molar refractivity (Wildman–Crippen MR) is 136 cm³/mol. The largest absolute Gasteiger partial charge is 0.462 e. The fourth-order valence-electron chi connectivity index (χ4n) is 3.75. The average molecular weight is 517 g/mol. The van der Waals surface area contributed by atoms with Gasteiger partial charge in [-0.25, -0.2) is 20.0 Å². The molecule has 0 saturated heterocycles. The van der Waals surface area contributed by atoms with Crippen molar-refractivity contribution in [3.8, 4) is 5.75 Å². The van der Waals surface area contributed by atoms with Crippen LogP contribution in [-0.4, -0.2) is 50.1 Å². The van der Waals surface area contributed by atoms with E-state index in [-0.39, 0.29) is 18.6 Å². The van der Waals surface area contributed by atoms with Gasteiger partial charge >= 0.3 is 13.5 Å². The summed E-state index contributed by atoms with van der Waals surface area (Å²) in [5.41, 5.74) is 8.19. The second kappa shape index (κ2) is 10.9. The lowest BCUT2D eigenvalue weighted by Crippen LogP contribution is -2.37. The molecule has 1 aromatic carbocycles. The molecule has 36 heavy (non-hydrogen) atoms. The molecule has 12 heteroatoms. The van der Waals surface area contributed by atoms with Crippen LogP contribution in [0.1, 0.15) is 52.0 Å². The van der Waals surface area contributed by atoms with Crippen molar-refractivity contribution in [3.05, 3.63) is 42.5 Å². The van der Waals surface area contributed by atoms with Gasteiger partial charge in [0.1, 0.15) is 30.0 Å². The molecule has 1 unspecified atom stereocenters. The first-order valence-electron chi connectivity index (χ1n) is 12.0. The van der Waals surface area contributed by atoms with Crippen molar-refractivity contribution in [2.24, 2.45) is 0 Å². The Morgan fingerprint density at radius 2 is 1.89 bits per heavy atom. The number of imidazole rings is 1. The number of nitrogens with two attached hydrogens (primary N) is 1. The predicted octanol–water partition coefficient (Wildman–Crippen LogP) is 3.85. The molecule has 1 aliphatic carbocycles. The zero-order valence-electron chi connectivity index (χ0n) is 21.0. The molecule has 0 spiro atoms. The Morgan fingerprint density at radius 3 is 2.56 bits per heavy atom. The molecular weight excluding hydrogens is 483 g/mol. The van der Waals surface area contributed by atoms with Crippen LogP contribution >= 0.6 is 7.52 Å². The molecule has 0 radical (unpaired) electrons. The van der Waals surface area contributed by atoms with Gasteiger partial charge in [-0.3, -0.25) is 9.36 Å². The summed E-state index contributed by atoms with van der Waals surface area (Å²) in [5, 5.41) is 2.83. The second-order valence-corrected chi connectivity index (χ2v) is 11.4. The number of benzene rings is 1. The zero-order valence-corrected chi connectivity index (χ0v) is 21.9. The van der Waals surface area contributed by atoms with Crippen LogP contribution < -0.4 is 15.3 Å². The summed E-state index contributed by atoms with van der Waals surface area (Å²) in [6, 6.07) is 6.69. The number of esters is 1. The number of nitrogens with zero attached hydrogens (tertiary/aromatic N) is 4. The van der Waals surface area contributed by atoms with Crippen LogP contribution in [0, 0.1) is 0 Å². The van der Waals surface area contributed by atoms with Crippen LogP contribution in [0.15, 0.2) is 36.9 Å². The second-order valence-electron chi connectivity index (χ2n) is 9.38. The monoisotopic (exact) mass is 516 g/mol. The first kappa shape index (κ1) is 26.1. The normalized spacial score (nSPS) is 17.0. The van der Waals surface area contributed by atoms with E-state index in [1.165, 1.54) is 24.7 Å². The summed E-state index contributed by atoms with van der Waals surface area (Å²) in [6.45, 7) is 7.31. The van der Waals surface area contributed by atoms with Crippen molar-refractivity contribution in [3.63, 3.8) is 0 Å². The van der Waals surface area contributed by atoms with Crippen LogP contribution in [-0.2, 0) is 25.4 Å². The van der Waals surface area contributed by atoms with Crippen molar-refractivity contribution in [1.82, 2.24) is 24.6 Å². The lowest BCUT2D eigenvalue weighted by Gasteiger charge is -2.25. The quantitative estimate of drug-likeness (QED) is 0.269. The minimum Gasteiger partial charge on any atom is -0.462 e. The molecule has 3 N–H and O–H groups in total. The molecular formula is C24H33N6O5P. The fourth-order valence-corrected chi connectivity index (χ4v) is 5.54. The van der Waals surface area contributed by atoms with E-state index in [9.17, 15) is 9.36 Å². The third-order valence-electron chi connectivity index (χ3n) is 5.69. The van der Waals surface area contributed by atoms with Crippen molar-refractivity contribution >= 4 is 30.5 Å². The van der Waals surface area contributed by atoms with Crippen molar-refractivity contribution in [2.45, 2.75) is 71.2 Å².